The van der Waals surface area contributed by atoms with E-state index < -0.39 is 12.8 Å². The van der Waals surface area contributed by atoms with Crippen molar-refractivity contribution in [1.82, 2.24) is 0 Å². The summed E-state index contributed by atoms with van der Waals surface area (Å²) in [6.07, 6.45) is 0.506. The van der Waals surface area contributed by atoms with Crippen LogP contribution >= 0.6 is 47.8 Å². The molecule has 0 aliphatic carbocycles. The summed E-state index contributed by atoms with van der Waals surface area (Å²) in [5.74, 6) is 0.178. The maximum atomic E-state index is 10.0. The van der Waals surface area contributed by atoms with Gasteiger partial charge in [0.05, 0.1) is 5.75 Å². The molecule has 9 heavy (non-hydrogen) atoms. The van der Waals surface area contributed by atoms with Gasteiger partial charge < -0.3 is 0 Å². The van der Waals surface area contributed by atoms with Gasteiger partial charge in [-0.2, -0.15) is 0 Å². The maximum Gasteiger partial charge on any atom is 0.140 e. The second kappa shape index (κ2) is 4.31. The van der Waals surface area contributed by atoms with Crippen molar-refractivity contribution in [3.63, 3.8) is 0 Å². The topological polar surface area (TPSA) is 34.1 Å². The van der Waals surface area contributed by atoms with Crippen LogP contribution in [0.3, 0.4) is 0 Å². The van der Waals surface area contributed by atoms with E-state index in [1.54, 1.807) is 0 Å². The largest absolute Gasteiger partial charge is 0.232 e. The van der Waals surface area contributed by atoms with E-state index >= 15 is 0 Å². The lowest BCUT2D eigenvalue weighted by Crippen LogP contribution is -2.03. The Morgan fingerprint density at radius 2 is 1.67 bits per heavy atom. The van der Waals surface area contributed by atoms with Crippen LogP contribution in [0.4, 0.5) is 0 Å². The Hall–Kier alpha value is 1.39. The smallest absolute Gasteiger partial charge is 0.140 e. The summed E-state index contributed by atoms with van der Waals surface area (Å²) in [6.45, 7) is 0. The van der Waals surface area contributed by atoms with E-state index in [-0.39, 0.29) is 5.75 Å². The van der Waals surface area contributed by atoms with Gasteiger partial charge in [0, 0.05) is 0 Å². The number of halogens is 3. The normalized spacial score (nSPS) is 12.4. The fourth-order valence-electron chi connectivity index (χ4n) is 0.218. The summed E-state index contributed by atoms with van der Waals surface area (Å²) in [5.41, 5.74) is 0. The zero-order chi connectivity index (χ0) is 7.49. The first-order valence-corrected chi connectivity index (χ1v) is 5.84. The summed E-state index contributed by atoms with van der Waals surface area (Å²) < 4.78 is 19.6. The minimum absolute atomic E-state index is 0.178. The molecule has 0 rings (SSSR count). The van der Waals surface area contributed by atoms with Crippen LogP contribution < -0.4 is 0 Å². The molecule has 0 unspecified atom stereocenters. The first-order chi connectivity index (χ1) is 3.92. The van der Waals surface area contributed by atoms with Crippen LogP contribution in [0.25, 0.3) is 0 Å². The molecule has 56 valence electrons. The number of hydrogen-bond donors (Lipinski definition) is 1. The van der Waals surface area contributed by atoms with E-state index in [9.17, 15) is 8.42 Å². The lowest BCUT2D eigenvalue weighted by atomic mass is 10.6. The van der Waals surface area contributed by atoms with Gasteiger partial charge in [-0.05, 0) is 6.42 Å². The molecule has 0 atom stereocenters. The van der Waals surface area contributed by atoms with Crippen molar-refractivity contribution >= 4 is 58.5 Å². The molecule has 0 aromatic rings. The summed E-state index contributed by atoms with van der Waals surface area (Å²) in [6, 6.07) is 0. The number of thiol groups is 1. The van der Waals surface area contributed by atoms with Gasteiger partial charge in [0.2, 0.25) is 0 Å². The molecule has 0 aromatic heterocycles. The van der Waals surface area contributed by atoms with Crippen LogP contribution in [0.1, 0.15) is 6.42 Å². The van der Waals surface area contributed by atoms with Crippen molar-refractivity contribution in [2.45, 2.75) is 8.56 Å². The molecule has 6 heteroatoms. The molecule has 0 aliphatic rings. The first-order valence-electron chi connectivity index (χ1n) is 2.10. The molecule has 0 bridgehead atoms. The summed E-state index contributed by atoms with van der Waals surface area (Å²) in [7, 11) is -2.25. The van der Waals surface area contributed by atoms with Gasteiger partial charge in [0.25, 0.3) is 0 Å². The summed E-state index contributed by atoms with van der Waals surface area (Å²) in [5, 5.41) is 0. The molecule has 0 radical (unpaired) electrons. The third-order valence-corrected chi connectivity index (χ3v) is 2.36. The third kappa shape index (κ3) is 9.39. The molecule has 0 saturated heterocycles. The zero-order valence-electron chi connectivity index (χ0n) is 4.31. The predicted molar refractivity (Wildman–Crippen MR) is 49.3 cm³/mol. The quantitative estimate of drug-likeness (QED) is 0.612. The second-order valence-corrected chi connectivity index (χ2v) is 9.79. The van der Waals surface area contributed by atoms with Gasteiger partial charge in [-0.3, -0.25) is 0 Å². The number of rotatable bonds is 2. The fraction of sp³-hybridized carbons (Fsp3) is 1.00. The standard InChI is InChI=1S/C3H5Br3O2S/c4-3(5,6)1-2-9(7)8/h9H,1-2H2. The Morgan fingerprint density at radius 1 is 1.22 bits per heavy atom. The van der Waals surface area contributed by atoms with E-state index in [0.717, 1.165) is 0 Å². The molecule has 0 aliphatic heterocycles. The van der Waals surface area contributed by atoms with E-state index in [2.05, 4.69) is 47.8 Å². The van der Waals surface area contributed by atoms with Crippen molar-refractivity contribution in [1.29, 1.82) is 0 Å². The highest BCUT2D eigenvalue weighted by molar-refractivity contribution is 9.39. The predicted octanol–water partition coefficient (Wildman–Crippen LogP) is 1.83. The molecular weight excluding hydrogens is 340 g/mol. The van der Waals surface area contributed by atoms with Crippen LogP contribution in [0, 0.1) is 0 Å². The Morgan fingerprint density at radius 3 is 1.78 bits per heavy atom. The van der Waals surface area contributed by atoms with Crippen molar-refractivity contribution < 1.29 is 8.42 Å². The molecule has 0 fully saturated rings. The van der Waals surface area contributed by atoms with Crippen LogP contribution in [0.2, 0.25) is 0 Å². The van der Waals surface area contributed by atoms with E-state index in [0.29, 0.717) is 6.42 Å². The Balaban J connectivity index is 3.52. The van der Waals surface area contributed by atoms with E-state index in [1.165, 1.54) is 0 Å². The third-order valence-electron chi connectivity index (χ3n) is 0.578. The van der Waals surface area contributed by atoms with Gasteiger partial charge in [-0.1, -0.05) is 47.8 Å². The average molecular weight is 345 g/mol. The highest BCUT2D eigenvalue weighted by Crippen LogP contribution is 2.36. The number of alkyl halides is 3. The van der Waals surface area contributed by atoms with Crippen molar-refractivity contribution in [3.05, 3.63) is 0 Å². The summed E-state index contributed by atoms with van der Waals surface area (Å²) >= 11 is 9.52. The van der Waals surface area contributed by atoms with E-state index in [4.69, 9.17) is 0 Å². The molecule has 0 amide bonds. The first kappa shape index (κ1) is 10.4. The minimum atomic E-state index is -2.25. The average Bonchev–Trinajstić information content (AvgIpc) is 1.59. The fourth-order valence-corrected chi connectivity index (χ4v) is 2.25. The van der Waals surface area contributed by atoms with E-state index in [1.807, 2.05) is 0 Å². The Kier molecular flexibility index (Phi) is 4.97. The summed E-state index contributed by atoms with van der Waals surface area (Å²) in [4.78, 5) is 0. The molecule has 0 saturated carbocycles. The second-order valence-electron chi connectivity index (χ2n) is 1.42. The van der Waals surface area contributed by atoms with Gasteiger partial charge >= 0.3 is 0 Å². The molecule has 2 nitrogen and oxygen atoms in total. The van der Waals surface area contributed by atoms with Gasteiger partial charge in [0.1, 0.15) is 12.8 Å². The van der Waals surface area contributed by atoms with Gasteiger partial charge in [-0.25, -0.2) is 8.42 Å². The molecule has 0 spiro atoms. The van der Waals surface area contributed by atoms with Crippen LogP contribution in [-0.4, -0.2) is 16.3 Å². The van der Waals surface area contributed by atoms with Crippen LogP contribution in [-0.2, 0) is 10.7 Å². The van der Waals surface area contributed by atoms with Crippen LogP contribution in [0.5, 0.6) is 0 Å². The Labute approximate surface area is 80.7 Å². The van der Waals surface area contributed by atoms with Gasteiger partial charge in [0.15, 0.2) is 0 Å². The van der Waals surface area contributed by atoms with Crippen molar-refractivity contribution in [3.8, 4) is 0 Å². The molecule has 0 aromatic carbocycles. The van der Waals surface area contributed by atoms with Crippen molar-refractivity contribution in [2.24, 2.45) is 0 Å². The lowest BCUT2D eigenvalue weighted by Gasteiger charge is -2.07. The zero-order valence-corrected chi connectivity index (χ0v) is 9.96. The number of hydrogen-bond acceptors (Lipinski definition) is 2. The SMILES string of the molecule is O=[SH](=O)CCC(Br)(Br)Br. The van der Waals surface area contributed by atoms with Gasteiger partial charge in [-0.15, -0.1) is 0 Å². The molecular formula is C3H5Br3O2S. The minimum Gasteiger partial charge on any atom is -0.232 e. The highest BCUT2D eigenvalue weighted by Gasteiger charge is 2.16. The highest BCUT2D eigenvalue weighted by atomic mass is 80.0. The maximum absolute atomic E-state index is 10.0. The van der Waals surface area contributed by atoms with Crippen LogP contribution in [0.15, 0.2) is 0 Å². The van der Waals surface area contributed by atoms with Crippen molar-refractivity contribution in [2.75, 3.05) is 5.75 Å². The Bertz CT molecular complexity index is 140. The molecule has 0 heterocycles. The monoisotopic (exact) mass is 342 g/mol. The molecule has 0 N–H and O–H groups in total. The lowest BCUT2D eigenvalue weighted by molar-refractivity contribution is 0.613.